The molecular weight excluding hydrogens is 309 g/mol. The van der Waals surface area contributed by atoms with Crippen LogP contribution in [0.5, 0.6) is 5.75 Å². The van der Waals surface area contributed by atoms with Crippen LogP contribution in [0.3, 0.4) is 0 Å². The van der Waals surface area contributed by atoms with E-state index in [0.717, 1.165) is 12.8 Å². The van der Waals surface area contributed by atoms with Crippen LogP contribution >= 0.6 is 23.2 Å². The number of nitrogens with zero attached hydrogens (tertiary/aromatic N) is 1. The third-order valence-corrected chi connectivity index (χ3v) is 5.34. The Balaban J connectivity index is 3.18. The molecule has 7 heteroatoms. The summed E-state index contributed by atoms with van der Waals surface area (Å²) in [5.41, 5.74) is 0. The minimum atomic E-state index is -3.63. The van der Waals surface area contributed by atoms with Gasteiger partial charge < -0.3 is 4.74 Å². The molecule has 0 atom stereocenters. The molecule has 1 aromatic rings. The Hall–Kier alpha value is -0.490. The molecule has 4 nitrogen and oxygen atoms in total. The Kier molecular flexibility index (Phi) is 5.92. The van der Waals surface area contributed by atoms with Crippen molar-refractivity contribution >= 4 is 33.2 Å². The van der Waals surface area contributed by atoms with Crippen LogP contribution in [0.15, 0.2) is 17.0 Å². The molecule has 1 aromatic carbocycles. The van der Waals surface area contributed by atoms with Crippen LogP contribution in [0.4, 0.5) is 0 Å². The second-order valence-corrected chi connectivity index (χ2v) is 6.93. The van der Waals surface area contributed by atoms with Crippen LogP contribution in [0, 0.1) is 0 Å². The van der Waals surface area contributed by atoms with E-state index in [9.17, 15) is 8.42 Å². The molecule has 0 aliphatic heterocycles. The molecule has 0 heterocycles. The molecule has 0 fully saturated rings. The van der Waals surface area contributed by atoms with Crippen molar-refractivity contribution in [3.63, 3.8) is 0 Å². The zero-order chi connectivity index (χ0) is 14.6. The van der Waals surface area contributed by atoms with E-state index in [1.807, 2.05) is 6.92 Å². The van der Waals surface area contributed by atoms with Gasteiger partial charge in [-0.2, -0.15) is 0 Å². The van der Waals surface area contributed by atoms with Gasteiger partial charge in [-0.3, -0.25) is 0 Å². The van der Waals surface area contributed by atoms with Gasteiger partial charge in [0.15, 0.2) is 0 Å². The van der Waals surface area contributed by atoms with Gasteiger partial charge in [-0.05, 0) is 12.5 Å². The van der Waals surface area contributed by atoms with E-state index in [2.05, 4.69) is 0 Å². The fourth-order valence-electron chi connectivity index (χ4n) is 1.53. The third kappa shape index (κ3) is 3.75. The lowest BCUT2D eigenvalue weighted by molar-refractivity contribution is 0.414. The maximum Gasteiger partial charge on any atom is 0.244 e. The molecule has 0 amide bonds. The summed E-state index contributed by atoms with van der Waals surface area (Å²) >= 11 is 11.9. The van der Waals surface area contributed by atoms with Crippen molar-refractivity contribution in [3.05, 3.63) is 22.2 Å². The molecule has 0 unspecified atom stereocenters. The van der Waals surface area contributed by atoms with Crippen LogP contribution in [-0.2, 0) is 10.0 Å². The van der Waals surface area contributed by atoms with Gasteiger partial charge >= 0.3 is 0 Å². The maximum absolute atomic E-state index is 12.4. The van der Waals surface area contributed by atoms with E-state index in [0.29, 0.717) is 12.3 Å². The van der Waals surface area contributed by atoms with Crippen molar-refractivity contribution in [1.29, 1.82) is 0 Å². The zero-order valence-electron chi connectivity index (χ0n) is 11.1. The average molecular weight is 326 g/mol. The Morgan fingerprint density at radius 1 is 1.26 bits per heavy atom. The summed E-state index contributed by atoms with van der Waals surface area (Å²) in [5, 5.41) is 0.318. The minimum Gasteiger partial charge on any atom is -0.495 e. The highest BCUT2D eigenvalue weighted by Gasteiger charge is 2.24. The van der Waals surface area contributed by atoms with Gasteiger partial charge in [0.25, 0.3) is 0 Å². The number of halogens is 2. The highest BCUT2D eigenvalue weighted by atomic mass is 35.5. The molecular formula is C12H17Cl2NO3S. The number of hydrogen-bond acceptors (Lipinski definition) is 3. The van der Waals surface area contributed by atoms with Gasteiger partial charge in [-0.25, -0.2) is 12.7 Å². The van der Waals surface area contributed by atoms with E-state index in [4.69, 9.17) is 27.9 Å². The van der Waals surface area contributed by atoms with Crippen LogP contribution in [0.1, 0.15) is 19.8 Å². The number of unbranched alkanes of at least 4 members (excludes halogenated alkanes) is 1. The van der Waals surface area contributed by atoms with E-state index in [-0.39, 0.29) is 14.9 Å². The SMILES string of the molecule is CCCCN(C)S(=O)(=O)c1cc(Cl)c(OC)cc1Cl. The Morgan fingerprint density at radius 2 is 1.89 bits per heavy atom. The van der Waals surface area contributed by atoms with Gasteiger partial charge in [-0.1, -0.05) is 36.5 Å². The highest BCUT2D eigenvalue weighted by molar-refractivity contribution is 7.89. The lowest BCUT2D eigenvalue weighted by atomic mass is 10.3. The van der Waals surface area contributed by atoms with Crippen LogP contribution in [0.25, 0.3) is 0 Å². The van der Waals surface area contributed by atoms with Gasteiger partial charge in [0.1, 0.15) is 10.6 Å². The van der Waals surface area contributed by atoms with Gasteiger partial charge in [-0.15, -0.1) is 0 Å². The van der Waals surface area contributed by atoms with E-state index < -0.39 is 10.0 Å². The molecule has 1 rings (SSSR count). The summed E-state index contributed by atoms with van der Waals surface area (Å²) in [6.07, 6.45) is 1.70. The first-order valence-electron chi connectivity index (χ1n) is 5.84. The number of rotatable bonds is 6. The number of methoxy groups -OCH3 is 1. The topological polar surface area (TPSA) is 46.6 Å². The zero-order valence-corrected chi connectivity index (χ0v) is 13.4. The number of hydrogen-bond donors (Lipinski definition) is 0. The second kappa shape index (κ2) is 6.79. The maximum atomic E-state index is 12.4. The first-order chi connectivity index (χ1) is 8.84. The molecule has 0 aromatic heterocycles. The normalized spacial score (nSPS) is 11.9. The first-order valence-corrected chi connectivity index (χ1v) is 8.03. The van der Waals surface area contributed by atoms with E-state index in [1.165, 1.54) is 30.6 Å². The van der Waals surface area contributed by atoms with Crippen LogP contribution in [0.2, 0.25) is 10.0 Å². The number of ether oxygens (including phenoxy) is 1. The quantitative estimate of drug-likeness (QED) is 0.805. The van der Waals surface area contributed by atoms with Gasteiger partial charge in [0.2, 0.25) is 10.0 Å². The fraction of sp³-hybridized carbons (Fsp3) is 0.500. The molecule has 108 valence electrons. The first kappa shape index (κ1) is 16.6. The lowest BCUT2D eigenvalue weighted by Gasteiger charge is -2.18. The van der Waals surface area contributed by atoms with Crippen molar-refractivity contribution in [2.24, 2.45) is 0 Å². The predicted octanol–water partition coefficient (Wildman–Crippen LogP) is 3.42. The predicted molar refractivity (Wildman–Crippen MR) is 77.7 cm³/mol. The van der Waals surface area contributed by atoms with Crippen molar-refractivity contribution in [2.75, 3.05) is 20.7 Å². The Bertz CT molecular complexity index is 546. The number of sulfonamides is 1. The average Bonchev–Trinajstić information content (AvgIpc) is 2.37. The van der Waals surface area contributed by atoms with Crippen molar-refractivity contribution in [3.8, 4) is 5.75 Å². The summed E-state index contributed by atoms with van der Waals surface area (Å²) in [5.74, 6) is 0.349. The summed E-state index contributed by atoms with van der Waals surface area (Å²) in [6, 6.07) is 2.73. The molecule has 0 N–H and O–H groups in total. The fourth-order valence-corrected chi connectivity index (χ4v) is 3.56. The molecule has 0 radical (unpaired) electrons. The van der Waals surface area contributed by atoms with Gasteiger partial charge in [0.05, 0.1) is 17.2 Å². The van der Waals surface area contributed by atoms with Gasteiger partial charge in [0, 0.05) is 19.7 Å². The number of benzene rings is 1. The van der Waals surface area contributed by atoms with E-state index >= 15 is 0 Å². The monoisotopic (exact) mass is 325 g/mol. The molecule has 0 spiro atoms. The summed E-state index contributed by atoms with van der Waals surface area (Å²) < 4.78 is 31.0. The smallest absolute Gasteiger partial charge is 0.244 e. The molecule has 0 aliphatic carbocycles. The van der Waals surface area contributed by atoms with Crippen molar-refractivity contribution < 1.29 is 13.2 Å². The summed E-state index contributed by atoms with van der Waals surface area (Å²) in [6.45, 7) is 2.44. The molecule has 0 saturated carbocycles. The largest absolute Gasteiger partial charge is 0.495 e. The Morgan fingerprint density at radius 3 is 2.42 bits per heavy atom. The summed E-state index contributed by atoms with van der Waals surface area (Å²) in [4.78, 5) is -0.00132. The summed E-state index contributed by atoms with van der Waals surface area (Å²) in [7, 11) is -0.657. The molecule has 0 aliphatic rings. The minimum absolute atomic E-state index is 0.00132. The standard InChI is InChI=1S/C12H17Cl2NO3S/c1-4-5-6-15(2)19(16,17)12-8-9(13)11(18-3)7-10(12)14/h7-8H,4-6H2,1-3H3. The second-order valence-electron chi connectivity index (χ2n) is 4.10. The lowest BCUT2D eigenvalue weighted by Crippen LogP contribution is -2.28. The van der Waals surface area contributed by atoms with Crippen LogP contribution < -0.4 is 4.74 Å². The van der Waals surface area contributed by atoms with Crippen molar-refractivity contribution in [2.45, 2.75) is 24.7 Å². The third-order valence-electron chi connectivity index (χ3n) is 2.72. The molecule has 0 bridgehead atoms. The van der Waals surface area contributed by atoms with Crippen LogP contribution in [-0.4, -0.2) is 33.4 Å². The highest BCUT2D eigenvalue weighted by Crippen LogP contribution is 2.34. The van der Waals surface area contributed by atoms with Crippen molar-refractivity contribution in [1.82, 2.24) is 4.31 Å². The molecule has 0 saturated heterocycles. The Labute approximate surface area is 124 Å². The molecule has 19 heavy (non-hydrogen) atoms. The van der Waals surface area contributed by atoms with E-state index in [1.54, 1.807) is 0 Å².